The Hall–Kier alpha value is -0.940. The number of nitrogens with one attached hydrogen (secondary N) is 1. The summed E-state index contributed by atoms with van der Waals surface area (Å²) in [5, 5.41) is 7.40. The topological polar surface area (TPSA) is 54.2 Å². The van der Waals surface area contributed by atoms with Crippen molar-refractivity contribution in [2.75, 3.05) is 20.1 Å². The molecule has 2 heterocycles. The van der Waals surface area contributed by atoms with Gasteiger partial charge in [-0.1, -0.05) is 11.6 Å². The van der Waals surface area contributed by atoms with Crippen molar-refractivity contribution in [1.29, 1.82) is 0 Å². The Morgan fingerprint density at radius 1 is 1.33 bits per heavy atom. The number of aromatic nitrogens is 2. The molecule has 0 spiro atoms. The fourth-order valence-corrected chi connectivity index (χ4v) is 2.74. The first-order valence-electron chi connectivity index (χ1n) is 7.08. The molecular weight excluding hydrogens is 228 g/mol. The Morgan fingerprint density at radius 3 is 3.00 bits per heavy atom. The summed E-state index contributed by atoms with van der Waals surface area (Å²) in [4.78, 5) is 7.01. The van der Waals surface area contributed by atoms with Crippen molar-refractivity contribution in [3.05, 3.63) is 11.7 Å². The highest BCUT2D eigenvalue weighted by Gasteiger charge is 2.30. The lowest BCUT2D eigenvalue weighted by Gasteiger charge is -2.34. The Labute approximate surface area is 108 Å². The van der Waals surface area contributed by atoms with Gasteiger partial charge in [0.15, 0.2) is 5.82 Å². The summed E-state index contributed by atoms with van der Waals surface area (Å²) < 4.78 is 5.32. The first kappa shape index (κ1) is 12.1. The fraction of sp³-hybridized carbons (Fsp3) is 0.846. The third-order valence-electron chi connectivity index (χ3n) is 3.94. The van der Waals surface area contributed by atoms with Gasteiger partial charge in [0.2, 0.25) is 5.89 Å². The summed E-state index contributed by atoms with van der Waals surface area (Å²) in [6.07, 6.45) is 6.32. The number of rotatable bonds is 5. The molecule has 1 aromatic rings. The van der Waals surface area contributed by atoms with E-state index < -0.39 is 0 Å². The average Bonchev–Trinajstić information content (AvgIpc) is 3.13. The zero-order chi connectivity index (χ0) is 12.4. The van der Waals surface area contributed by atoms with Gasteiger partial charge in [-0.05, 0) is 39.3 Å². The lowest BCUT2D eigenvalue weighted by Crippen LogP contribution is -2.44. The number of piperidine rings is 1. The number of hydrogen-bond acceptors (Lipinski definition) is 5. The minimum atomic E-state index is 0.556. The van der Waals surface area contributed by atoms with E-state index in [4.69, 9.17) is 4.52 Å². The third-order valence-corrected chi connectivity index (χ3v) is 3.94. The molecule has 0 bridgehead atoms. The van der Waals surface area contributed by atoms with E-state index >= 15 is 0 Å². The zero-order valence-electron chi connectivity index (χ0n) is 11.1. The van der Waals surface area contributed by atoms with Crippen LogP contribution in [0.2, 0.25) is 0 Å². The molecule has 1 aromatic heterocycles. The molecule has 3 rings (SSSR count). The zero-order valence-corrected chi connectivity index (χ0v) is 11.1. The van der Waals surface area contributed by atoms with Gasteiger partial charge in [-0.3, -0.25) is 4.90 Å². The van der Waals surface area contributed by atoms with Crippen LogP contribution in [-0.4, -0.2) is 41.2 Å². The molecule has 1 N–H and O–H groups in total. The lowest BCUT2D eigenvalue weighted by molar-refractivity contribution is 0.134. The Morgan fingerprint density at radius 2 is 2.22 bits per heavy atom. The Bertz CT molecular complexity index is 386. The van der Waals surface area contributed by atoms with E-state index in [9.17, 15) is 0 Å². The lowest BCUT2D eigenvalue weighted by atomic mass is 10.0. The predicted molar refractivity (Wildman–Crippen MR) is 68.2 cm³/mol. The maximum Gasteiger partial charge on any atom is 0.229 e. The maximum absolute atomic E-state index is 5.32. The molecule has 2 aliphatic rings. The SMILES string of the molecule is CNCC1CCCCN1Cc1noc(C2CC2)n1. The Balaban J connectivity index is 1.61. The molecule has 2 fully saturated rings. The molecule has 1 saturated carbocycles. The van der Waals surface area contributed by atoms with Crippen molar-refractivity contribution >= 4 is 0 Å². The molecule has 5 heteroatoms. The number of nitrogens with zero attached hydrogens (tertiary/aromatic N) is 3. The van der Waals surface area contributed by atoms with E-state index in [-0.39, 0.29) is 0 Å². The molecule has 1 aliphatic heterocycles. The van der Waals surface area contributed by atoms with Gasteiger partial charge in [-0.2, -0.15) is 4.98 Å². The summed E-state index contributed by atoms with van der Waals surface area (Å²) >= 11 is 0. The molecule has 1 saturated heterocycles. The van der Waals surface area contributed by atoms with Crippen LogP contribution in [0.25, 0.3) is 0 Å². The molecule has 0 aromatic carbocycles. The third kappa shape index (κ3) is 2.72. The highest BCUT2D eigenvalue weighted by Crippen LogP contribution is 2.38. The molecule has 1 unspecified atom stereocenters. The first-order valence-corrected chi connectivity index (χ1v) is 7.08. The van der Waals surface area contributed by atoms with Gasteiger partial charge < -0.3 is 9.84 Å². The van der Waals surface area contributed by atoms with Crippen LogP contribution >= 0.6 is 0 Å². The van der Waals surface area contributed by atoms with Crippen molar-refractivity contribution in [2.45, 2.75) is 50.6 Å². The predicted octanol–water partition coefficient (Wildman–Crippen LogP) is 1.52. The van der Waals surface area contributed by atoms with Crippen molar-refractivity contribution in [1.82, 2.24) is 20.4 Å². The molecule has 5 nitrogen and oxygen atoms in total. The van der Waals surface area contributed by atoms with E-state index in [2.05, 4.69) is 20.4 Å². The quantitative estimate of drug-likeness (QED) is 0.858. The Kier molecular flexibility index (Phi) is 3.61. The van der Waals surface area contributed by atoms with Crippen LogP contribution in [0.5, 0.6) is 0 Å². The van der Waals surface area contributed by atoms with Gasteiger partial charge in [0, 0.05) is 18.5 Å². The summed E-state index contributed by atoms with van der Waals surface area (Å²) in [5.41, 5.74) is 0. The second-order valence-electron chi connectivity index (χ2n) is 5.50. The average molecular weight is 250 g/mol. The minimum absolute atomic E-state index is 0.556. The van der Waals surface area contributed by atoms with Gasteiger partial charge in [0.25, 0.3) is 0 Å². The molecule has 100 valence electrons. The summed E-state index contributed by atoms with van der Waals surface area (Å²) in [6, 6.07) is 0.617. The second-order valence-corrected chi connectivity index (χ2v) is 5.50. The minimum Gasteiger partial charge on any atom is -0.339 e. The van der Waals surface area contributed by atoms with Crippen molar-refractivity contribution < 1.29 is 4.52 Å². The van der Waals surface area contributed by atoms with Crippen LogP contribution in [0.1, 0.15) is 49.7 Å². The van der Waals surface area contributed by atoms with E-state index in [0.29, 0.717) is 12.0 Å². The molecule has 0 amide bonds. The van der Waals surface area contributed by atoms with Gasteiger partial charge in [0.1, 0.15) is 0 Å². The maximum atomic E-state index is 5.32. The highest BCUT2D eigenvalue weighted by molar-refractivity contribution is 5.02. The molecule has 0 radical (unpaired) electrons. The van der Waals surface area contributed by atoms with Crippen LogP contribution in [0, 0.1) is 0 Å². The van der Waals surface area contributed by atoms with Crippen LogP contribution < -0.4 is 5.32 Å². The number of likely N-dealkylation sites (N-methyl/N-ethyl adjacent to an activating group) is 1. The number of hydrogen-bond donors (Lipinski definition) is 1. The number of likely N-dealkylation sites (tertiary alicyclic amines) is 1. The summed E-state index contributed by atoms with van der Waals surface area (Å²) in [6.45, 7) is 3.04. The smallest absolute Gasteiger partial charge is 0.229 e. The van der Waals surface area contributed by atoms with Crippen LogP contribution in [0.15, 0.2) is 4.52 Å². The van der Waals surface area contributed by atoms with E-state index in [1.54, 1.807) is 0 Å². The summed E-state index contributed by atoms with van der Waals surface area (Å²) in [7, 11) is 2.02. The second kappa shape index (κ2) is 5.36. The van der Waals surface area contributed by atoms with E-state index in [1.807, 2.05) is 7.05 Å². The van der Waals surface area contributed by atoms with Crippen molar-refractivity contribution in [3.8, 4) is 0 Å². The molecule has 1 aliphatic carbocycles. The highest BCUT2D eigenvalue weighted by atomic mass is 16.5. The van der Waals surface area contributed by atoms with Crippen molar-refractivity contribution in [2.24, 2.45) is 0 Å². The van der Waals surface area contributed by atoms with Gasteiger partial charge in [-0.15, -0.1) is 0 Å². The first-order chi connectivity index (χ1) is 8.86. The summed E-state index contributed by atoms with van der Waals surface area (Å²) in [5.74, 6) is 2.27. The standard InChI is InChI=1S/C13H22N4O/c1-14-8-11-4-2-3-7-17(11)9-12-15-13(18-16-12)10-5-6-10/h10-11,14H,2-9H2,1H3. The van der Waals surface area contributed by atoms with Crippen LogP contribution in [-0.2, 0) is 6.54 Å². The largest absolute Gasteiger partial charge is 0.339 e. The van der Waals surface area contributed by atoms with Gasteiger partial charge in [-0.25, -0.2) is 0 Å². The van der Waals surface area contributed by atoms with E-state index in [0.717, 1.165) is 31.3 Å². The molecule has 18 heavy (non-hydrogen) atoms. The van der Waals surface area contributed by atoms with Crippen molar-refractivity contribution in [3.63, 3.8) is 0 Å². The fourth-order valence-electron chi connectivity index (χ4n) is 2.74. The van der Waals surface area contributed by atoms with Gasteiger partial charge >= 0.3 is 0 Å². The van der Waals surface area contributed by atoms with Crippen LogP contribution in [0.4, 0.5) is 0 Å². The molecular formula is C13H22N4O. The molecule has 1 atom stereocenters. The van der Waals surface area contributed by atoms with Crippen LogP contribution in [0.3, 0.4) is 0 Å². The van der Waals surface area contributed by atoms with E-state index in [1.165, 1.54) is 32.1 Å². The van der Waals surface area contributed by atoms with Gasteiger partial charge in [0.05, 0.1) is 6.54 Å². The monoisotopic (exact) mass is 250 g/mol. The normalized spacial score (nSPS) is 25.5.